The second-order valence-corrected chi connectivity index (χ2v) is 7.24. The number of nitrogens with one attached hydrogen (secondary N) is 1. The monoisotopic (exact) mass is 395 g/mol. The summed E-state index contributed by atoms with van der Waals surface area (Å²) in [5, 5.41) is 12.1. The first kappa shape index (κ1) is 20.4. The molecule has 0 aliphatic carbocycles. The van der Waals surface area contributed by atoms with Gasteiger partial charge in [-0.15, -0.1) is 0 Å². The maximum atomic E-state index is 12.8. The van der Waals surface area contributed by atoms with Gasteiger partial charge in [0.2, 0.25) is 17.7 Å². The number of phenolic OH excluding ortho intramolecular Hbond substituents is 1. The Bertz CT molecular complexity index is 867. The lowest BCUT2D eigenvalue weighted by Crippen LogP contribution is -2.53. The molecule has 4 N–H and O–H groups in total. The van der Waals surface area contributed by atoms with Crippen LogP contribution >= 0.6 is 0 Å². The van der Waals surface area contributed by atoms with Crippen LogP contribution in [0, 0.1) is 0 Å². The summed E-state index contributed by atoms with van der Waals surface area (Å²) < 4.78 is 0. The molecule has 152 valence electrons. The van der Waals surface area contributed by atoms with E-state index < -0.39 is 18.0 Å². The molecule has 2 aromatic rings. The Labute approximate surface area is 169 Å². The first-order chi connectivity index (χ1) is 13.9. The van der Waals surface area contributed by atoms with Gasteiger partial charge in [0.1, 0.15) is 17.8 Å². The predicted molar refractivity (Wildman–Crippen MR) is 108 cm³/mol. The first-order valence-electron chi connectivity index (χ1n) is 9.65. The van der Waals surface area contributed by atoms with Gasteiger partial charge in [-0.1, -0.05) is 42.5 Å². The maximum Gasteiger partial charge on any atom is 0.243 e. The van der Waals surface area contributed by atoms with E-state index in [9.17, 15) is 19.5 Å². The maximum absolute atomic E-state index is 12.8. The fourth-order valence-corrected chi connectivity index (χ4v) is 3.57. The summed E-state index contributed by atoms with van der Waals surface area (Å²) in [4.78, 5) is 39.0. The van der Waals surface area contributed by atoms with E-state index in [0.717, 1.165) is 17.5 Å². The molecule has 1 aliphatic rings. The molecule has 1 saturated heterocycles. The van der Waals surface area contributed by atoms with Crippen LogP contribution in [0.4, 0.5) is 0 Å². The summed E-state index contributed by atoms with van der Waals surface area (Å²) >= 11 is 0. The van der Waals surface area contributed by atoms with Gasteiger partial charge in [-0.05, 0) is 36.1 Å². The van der Waals surface area contributed by atoms with Gasteiger partial charge in [-0.25, -0.2) is 0 Å². The Morgan fingerprint density at radius 3 is 2.41 bits per heavy atom. The number of likely N-dealkylation sites (tertiary alicyclic amines) is 1. The lowest BCUT2D eigenvalue weighted by atomic mass is 10.0. The van der Waals surface area contributed by atoms with Crippen molar-refractivity contribution in [1.29, 1.82) is 0 Å². The number of hydrogen-bond donors (Lipinski definition) is 3. The van der Waals surface area contributed by atoms with E-state index in [-0.39, 0.29) is 30.4 Å². The van der Waals surface area contributed by atoms with Crippen molar-refractivity contribution >= 4 is 17.7 Å². The molecule has 3 rings (SSSR count). The standard InChI is InChI=1S/C22H25N3O4/c23-21(28)18(13-16-8-10-17(26)11-9-16)24-22(29)19-7-4-12-25(19)20(27)14-15-5-2-1-3-6-15/h1-3,5-6,8-11,18-19,26H,4,7,12-14H2,(H2,23,28)(H,24,29)/t18-,19-/m0/s1. The Morgan fingerprint density at radius 1 is 1.07 bits per heavy atom. The molecular formula is C22H25N3O4. The SMILES string of the molecule is NC(=O)[C@H](Cc1ccc(O)cc1)NC(=O)[C@@H]1CCCN1C(=O)Cc1ccccc1. The number of aromatic hydroxyl groups is 1. The van der Waals surface area contributed by atoms with Gasteiger partial charge < -0.3 is 21.1 Å². The zero-order chi connectivity index (χ0) is 20.8. The predicted octanol–water partition coefficient (Wildman–Crippen LogP) is 1.14. The van der Waals surface area contributed by atoms with Crippen molar-refractivity contribution in [2.24, 2.45) is 5.73 Å². The van der Waals surface area contributed by atoms with Crippen molar-refractivity contribution in [1.82, 2.24) is 10.2 Å². The molecule has 2 aromatic carbocycles. The average molecular weight is 395 g/mol. The van der Waals surface area contributed by atoms with Crippen LogP contribution in [0.25, 0.3) is 0 Å². The van der Waals surface area contributed by atoms with Crippen LogP contribution in [-0.4, -0.2) is 46.4 Å². The van der Waals surface area contributed by atoms with Crippen molar-refractivity contribution in [3.63, 3.8) is 0 Å². The summed E-state index contributed by atoms with van der Waals surface area (Å²) in [5.74, 6) is -1.01. The summed E-state index contributed by atoms with van der Waals surface area (Å²) in [6.07, 6.45) is 1.73. The van der Waals surface area contributed by atoms with Gasteiger partial charge >= 0.3 is 0 Å². The highest BCUT2D eigenvalue weighted by Crippen LogP contribution is 2.19. The number of nitrogens with zero attached hydrogens (tertiary/aromatic N) is 1. The summed E-state index contributed by atoms with van der Waals surface area (Å²) in [7, 11) is 0. The third kappa shape index (κ3) is 5.34. The number of benzene rings is 2. The minimum atomic E-state index is -0.890. The first-order valence-corrected chi connectivity index (χ1v) is 9.65. The molecule has 1 aliphatic heterocycles. The van der Waals surface area contributed by atoms with Gasteiger partial charge in [0.25, 0.3) is 0 Å². The van der Waals surface area contributed by atoms with E-state index in [1.54, 1.807) is 17.0 Å². The zero-order valence-corrected chi connectivity index (χ0v) is 16.1. The number of carbonyl (C=O) groups is 3. The van der Waals surface area contributed by atoms with E-state index >= 15 is 0 Å². The van der Waals surface area contributed by atoms with Crippen molar-refractivity contribution in [3.05, 3.63) is 65.7 Å². The number of hydrogen-bond acceptors (Lipinski definition) is 4. The second kappa shape index (κ2) is 9.23. The summed E-state index contributed by atoms with van der Waals surface area (Å²) in [6, 6.07) is 14.3. The quantitative estimate of drug-likeness (QED) is 0.652. The molecule has 29 heavy (non-hydrogen) atoms. The summed E-state index contributed by atoms with van der Waals surface area (Å²) in [5.41, 5.74) is 7.13. The van der Waals surface area contributed by atoms with Gasteiger partial charge in [0, 0.05) is 13.0 Å². The van der Waals surface area contributed by atoms with E-state index in [4.69, 9.17) is 5.73 Å². The van der Waals surface area contributed by atoms with E-state index in [1.165, 1.54) is 12.1 Å². The molecule has 1 heterocycles. The fraction of sp³-hybridized carbons (Fsp3) is 0.318. The smallest absolute Gasteiger partial charge is 0.243 e. The Morgan fingerprint density at radius 2 is 1.76 bits per heavy atom. The third-order valence-electron chi connectivity index (χ3n) is 5.11. The van der Waals surface area contributed by atoms with Crippen molar-refractivity contribution < 1.29 is 19.5 Å². The molecule has 0 bridgehead atoms. The fourth-order valence-electron chi connectivity index (χ4n) is 3.57. The molecule has 0 saturated carbocycles. The highest BCUT2D eigenvalue weighted by atomic mass is 16.3. The van der Waals surface area contributed by atoms with Crippen LogP contribution in [-0.2, 0) is 27.2 Å². The molecule has 0 unspecified atom stereocenters. The van der Waals surface area contributed by atoms with Crippen molar-refractivity contribution in [2.45, 2.75) is 37.8 Å². The number of rotatable bonds is 7. The van der Waals surface area contributed by atoms with Crippen LogP contribution < -0.4 is 11.1 Å². The van der Waals surface area contributed by atoms with Crippen LogP contribution in [0.2, 0.25) is 0 Å². The molecule has 7 nitrogen and oxygen atoms in total. The molecule has 0 spiro atoms. The van der Waals surface area contributed by atoms with Crippen LogP contribution in [0.5, 0.6) is 5.75 Å². The van der Waals surface area contributed by atoms with Gasteiger partial charge in [0.15, 0.2) is 0 Å². The van der Waals surface area contributed by atoms with Gasteiger partial charge in [0.05, 0.1) is 6.42 Å². The largest absolute Gasteiger partial charge is 0.508 e. The zero-order valence-electron chi connectivity index (χ0n) is 16.1. The third-order valence-corrected chi connectivity index (χ3v) is 5.11. The van der Waals surface area contributed by atoms with Crippen LogP contribution in [0.1, 0.15) is 24.0 Å². The van der Waals surface area contributed by atoms with Gasteiger partial charge in [-0.2, -0.15) is 0 Å². The molecule has 0 aromatic heterocycles. The molecule has 1 fully saturated rings. The molecular weight excluding hydrogens is 370 g/mol. The van der Waals surface area contributed by atoms with Crippen LogP contribution in [0.15, 0.2) is 54.6 Å². The number of amides is 3. The van der Waals surface area contributed by atoms with Crippen LogP contribution in [0.3, 0.4) is 0 Å². The van der Waals surface area contributed by atoms with Gasteiger partial charge in [-0.3, -0.25) is 14.4 Å². The van der Waals surface area contributed by atoms with E-state index in [0.29, 0.717) is 13.0 Å². The topological polar surface area (TPSA) is 113 Å². The minimum absolute atomic E-state index is 0.108. The lowest BCUT2D eigenvalue weighted by molar-refractivity contribution is -0.138. The summed E-state index contributed by atoms with van der Waals surface area (Å²) in [6.45, 7) is 0.517. The average Bonchev–Trinajstić information content (AvgIpc) is 3.20. The van der Waals surface area contributed by atoms with Crippen molar-refractivity contribution in [3.8, 4) is 5.75 Å². The number of carbonyl (C=O) groups excluding carboxylic acids is 3. The highest BCUT2D eigenvalue weighted by molar-refractivity contribution is 5.92. The molecule has 0 radical (unpaired) electrons. The molecule has 3 amide bonds. The Kier molecular flexibility index (Phi) is 6.49. The number of nitrogens with two attached hydrogens (primary N) is 1. The minimum Gasteiger partial charge on any atom is -0.508 e. The number of primary amides is 1. The van der Waals surface area contributed by atoms with E-state index in [2.05, 4.69) is 5.32 Å². The Balaban J connectivity index is 1.64. The van der Waals surface area contributed by atoms with E-state index in [1.807, 2.05) is 30.3 Å². The number of phenols is 1. The normalized spacial score (nSPS) is 17.0. The van der Waals surface area contributed by atoms with Crippen molar-refractivity contribution in [2.75, 3.05) is 6.54 Å². The highest BCUT2D eigenvalue weighted by Gasteiger charge is 2.35. The lowest BCUT2D eigenvalue weighted by Gasteiger charge is -2.26. The molecule has 2 atom stereocenters. The second-order valence-electron chi connectivity index (χ2n) is 7.24. The Hall–Kier alpha value is -3.35. The molecule has 7 heteroatoms.